The molecule has 0 bridgehead atoms. The first-order chi connectivity index (χ1) is 7.36. The average molecular weight is 205 g/mol. The van der Waals surface area contributed by atoms with Gasteiger partial charge < -0.3 is 10.6 Å². The van der Waals surface area contributed by atoms with Crippen LogP contribution in [0.1, 0.15) is 16.9 Å². The van der Waals surface area contributed by atoms with Gasteiger partial charge in [0, 0.05) is 18.8 Å². The van der Waals surface area contributed by atoms with E-state index in [4.69, 9.17) is 0 Å². The number of pyridine rings is 1. The second-order valence-corrected chi connectivity index (χ2v) is 3.71. The molecule has 1 fully saturated rings. The zero-order valence-corrected chi connectivity index (χ0v) is 8.57. The molecule has 1 aliphatic rings. The number of hydrogen-bond acceptors (Lipinski definition) is 4. The fourth-order valence-corrected chi connectivity index (χ4v) is 1.68. The number of aromatic nitrogens is 1. The highest BCUT2D eigenvalue weighted by molar-refractivity contribution is 5.95. The maximum absolute atomic E-state index is 11.7. The van der Waals surface area contributed by atoms with Gasteiger partial charge in [0.05, 0.1) is 6.54 Å². The Morgan fingerprint density at radius 2 is 2.53 bits per heavy atom. The second kappa shape index (κ2) is 5.00. The lowest BCUT2D eigenvalue weighted by atomic mass is 10.2. The Labute approximate surface area is 89.1 Å². The minimum absolute atomic E-state index is 0.0579. The summed E-state index contributed by atoms with van der Waals surface area (Å²) in [6.45, 7) is 2.37. The molecule has 0 spiro atoms. The van der Waals surface area contributed by atoms with Crippen LogP contribution in [0.15, 0.2) is 24.4 Å². The van der Waals surface area contributed by atoms with Crippen molar-refractivity contribution in [1.82, 2.24) is 15.6 Å². The number of nitrogens with zero attached hydrogens (tertiary/aromatic N) is 1. The minimum Gasteiger partial charge on any atom is -0.315 e. The molecule has 80 valence electrons. The van der Waals surface area contributed by atoms with Crippen LogP contribution in [0.4, 0.5) is 0 Å². The van der Waals surface area contributed by atoms with E-state index in [2.05, 4.69) is 15.6 Å². The van der Waals surface area contributed by atoms with Crippen LogP contribution in [-0.4, -0.2) is 36.4 Å². The summed E-state index contributed by atoms with van der Waals surface area (Å²) in [6, 6.07) is 5.82. The number of carbonyl (C=O) groups is 1. The Morgan fingerprint density at radius 1 is 1.60 bits per heavy atom. The summed E-state index contributed by atoms with van der Waals surface area (Å²) in [5, 5.41) is 6.47. The van der Waals surface area contributed by atoms with Gasteiger partial charge in [-0.1, -0.05) is 6.07 Å². The lowest BCUT2D eigenvalue weighted by Crippen LogP contribution is -2.35. The molecule has 1 atom stereocenters. The fraction of sp³-hybridized carbons (Fsp3) is 0.455. The van der Waals surface area contributed by atoms with Crippen LogP contribution in [-0.2, 0) is 0 Å². The van der Waals surface area contributed by atoms with Gasteiger partial charge in [0.1, 0.15) is 5.69 Å². The highest BCUT2D eigenvalue weighted by Crippen LogP contribution is 1.98. The third-order valence-corrected chi connectivity index (χ3v) is 2.56. The number of ketones is 1. The SMILES string of the molecule is O=C(CN[C@H]1CCNC1)c1ccccn1. The molecule has 2 N–H and O–H groups in total. The third-order valence-electron chi connectivity index (χ3n) is 2.56. The Kier molecular flexibility index (Phi) is 3.42. The summed E-state index contributed by atoms with van der Waals surface area (Å²) in [5.74, 6) is 0.0579. The predicted molar refractivity (Wildman–Crippen MR) is 57.8 cm³/mol. The first-order valence-corrected chi connectivity index (χ1v) is 5.24. The van der Waals surface area contributed by atoms with Crippen LogP contribution in [0.5, 0.6) is 0 Å². The molecule has 4 nitrogen and oxygen atoms in total. The number of rotatable bonds is 4. The monoisotopic (exact) mass is 205 g/mol. The van der Waals surface area contributed by atoms with E-state index in [0.29, 0.717) is 18.3 Å². The van der Waals surface area contributed by atoms with Crippen molar-refractivity contribution in [3.8, 4) is 0 Å². The van der Waals surface area contributed by atoms with Gasteiger partial charge in [-0.05, 0) is 25.1 Å². The van der Waals surface area contributed by atoms with E-state index >= 15 is 0 Å². The first-order valence-electron chi connectivity index (χ1n) is 5.24. The average Bonchev–Trinajstić information content (AvgIpc) is 2.80. The van der Waals surface area contributed by atoms with Crippen LogP contribution >= 0.6 is 0 Å². The van der Waals surface area contributed by atoms with E-state index in [0.717, 1.165) is 19.5 Å². The number of Topliss-reactive ketones (excluding diaryl/α,β-unsaturated/α-hetero) is 1. The third kappa shape index (κ3) is 2.84. The van der Waals surface area contributed by atoms with Crippen LogP contribution < -0.4 is 10.6 Å². The molecule has 1 saturated heterocycles. The quantitative estimate of drug-likeness (QED) is 0.690. The summed E-state index contributed by atoms with van der Waals surface area (Å²) in [5.41, 5.74) is 0.538. The van der Waals surface area contributed by atoms with Crippen LogP contribution in [0.25, 0.3) is 0 Å². The van der Waals surface area contributed by atoms with Crippen molar-refractivity contribution in [1.29, 1.82) is 0 Å². The van der Waals surface area contributed by atoms with Gasteiger partial charge in [-0.2, -0.15) is 0 Å². The Hall–Kier alpha value is -1.26. The Morgan fingerprint density at radius 3 is 3.20 bits per heavy atom. The molecule has 0 saturated carbocycles. The molecule has 1 aromatic heterocycles. The van der Waals surface area contributed by atoms with Crippen molar-refractivity contribution < 1.29 is 4.79 Å². The molecule has 15 heavy (non-hydrogen) atoms. The van der Waals surface area contributed by atoms with Crippen molar-refractivity contribution in [2.24, 2.45) is 0 Å². The van der Waals surface area contributed by atoms with Crippen LogP contribution in [0, 0.1) is 0 Å². The molecule has 1 aromatic rings. The molecule has 2 heterocycles. The molecule has 0 unspecified atom stereocenters. The first kappa shape index (κ1) is 10.3. The van der Waals surface area contributed by atoms with E-state index in [1.165, 1.54) is 0 Å². The molecule has 0 aliphatic carbocycles. The van der Waals surface area contributed by atoms with E-state index in [1.807, 2.05) is 12.1 Å². The van der Waals surface area contributed by atoms with Crippen molar-refractivity contribution in [2.75, 3.05) is 19.6 Å². The molecular formula is C11H15N3O. The van der Waals surface area contributed by atoms with Crippen LogP contribution in [0.3, 0.4) is 0 Å². The zero-order valence-electron chi connectivity index (χ0n) is 8.57. The van der Waals surface area contributed by atoms with Gasteiger partial charge in [-0.15, -0.1) is 0 Å². The largest absolute Gasteiger partial charge is 0.315 e. The topological polar surface area (TPSA) is 54.0 Å². The summed E-state index contributed by atoms with van der Waals surface area (Å²) in [4.78, 5) is 15.7. The summed E-state index contributed by atoms with van der Waals surface area (Å²) >= 11 is 0. The summed E-state index contributed by atoms with van der Waals surface area (Å²) in [7, 11) is 0. The second-order valence-electron chi connectivity index (χ2n) is 3.71. The van der Waals surface area contributed by atoms with Crippen molar-refractivity contribution in [3.63, 3.8) is 0 Å². The number of nitrogens with one attached hydrogen (secondary N) is 2. The zero-order chi connectivity index (χ0) is 10.5. The molecule has 0 aromatic carbocycles. The smallest absolute Gasteiger partial charge is 0.194 e. The van der Waals surface area contributed by atoms with E-state index in [-0.39, 0.29) is 5.78 Å². The predicted octanol–water partition coefficient (Wildman–Crippen LogP) is 0.216. The summed E-state index contributed by atoms with van der Waals surface area (Å²) < 4.78 is 0. The highest BCUT2D eigenvalue weighted by atomic mass is 16.1. The van der Waals surface area contributed by atoms with E-state index in [1.54, 1.807) is 12.3 Å². The van der Waals surface area contributed by atoms with Crippen molar-refractivity contribution in [2.45, 2.75) is 12.5 Å². The maximum Gasteiger partial charge on any atom is 0.194 e. The Balaban J connectivity index is 1.82. The van der Waals surface area contributed by atoms with Gasteiger partial charge >= 0.3 is 0 Å². The number of carbonyl (C=O) groups excluding carboxylic acids is 1. The molecule has 1 aliphatic heterocycles. The fourth-order valence-electron chi connectivity index (χ4n) is 1.68. The molecule has 0 amide bonds. The standard InChI is InChI=1S/C11H15N3O/c15-11(10-3-1-2-5-13-10)8-14-9-4-6-12-7-9/h1-3,5,9,12,14H,4,6-8H2/t9-/m0/s1. The van der Waals surface area contributed by atoms with Gasteiger partial charge in [-0.25, -0.2) is 0 Å². The van der Waals surface area contributed by atoms with E-state index in [9.17, 15) is 4.79 Å². The highest BCUT2D eigenvalue weighted by Gasteiger charge is 2.15. The molecular weight excluding hydrogens is 190 g/mol. The molecule has 0 radical (unpaired) electrons. The van der Waals surface area contributed by atoms with Gasteiger partial charge in [0.2, 0.25) is 0 Å². The van der Waals surface area contributed by atoms with Gasteiger partial charge in [0.15, 0.2) is 5.78 Å². The lowest BCUT2D eigenvalue weighted by Gasteiger charge is -2.09. The van der Waals surface area contributed by atoms with Crippen molar-refractivity contribution in [3.05, 3.63) is 30.1 Å². The van der Waals surface area contributed by atoms with Crippen LogP contribution in [0.2, 0.25) is 0 Å². The van der Waals surface area contributed by atoms with Crippen molar-refractivity contribution >= 4 is 5.78 Å². The minimum atomic E-state index is 0.0579. The van der Waals surface area contributed by atoms with Gasteiger partial charge in [0.25, 0.3) is 0 Å². The maximum atomic E-state index is 11.7. The van der Waals surface area contributed by atoms with E-state index < -0.39 is 0 Å². The Bertz CT molecular complexity index is 320. The lowest BCUT2D eigenvalue weighted by molar-refractivity contribution is 0.0983. The normalized spacial score (nSPS) is 20.4. The molecule has 4 heteroatoms. The number of hydrogen-bond donors (Lipinski definition) is 2. The molecule has 2 rings (SSSR count). The summed E-state index contributed by atoms with van der Waals surface area (Å²) in [6.07, 6.45) is 2.74. The van der Waals surface area contributed by atoms with Gasteiger partial charge in [-0.3, -0.25) is 9.78 Å².